The van der Waals surface area contributed by atoms with E-state index in [9.17, 15) is 18.0 Å². The lowest BCUT2D eigenvalue weighted by Gasteiger charge is -2.34. The van der Waals surface area contributed by atoms with Gasteiger partial charge in [0.2, 0.25) is 5.91 Å². The molecule has 1 amide bonds. The number of fused-ring (bicyclic) bond motifs is 1. The van der Waals surface area contributed by atoms with Crippen molar-refractivity contribution in [1.82, 2.24) is 19.6 Å². The van der Waals surface area contributed by atoms with E-state index < -0.39 is 11.9 Å². The third kappa shape index (κ3) is 5.75. The number of amides is 1. The van der Waals surface area contributed by atoms with E-state index >= 15 is 0 Å². The number of morpholine rings is 1. The highest BCUT2D eigenvalue weighted by Crippen LogP contribution is 2.34. The van der Waals surface area contributed by atoms with Gasteiger partial charge < -0.3 is 14.5 Å². The Hall–Kier alpha value is -2.85. The molecule has 0 saturated carbocycles. The van der Waals surface area contributed by atoms with Gasteiger partial charge >= 0.3 is 6.18 Å². The Morgan fingerprint density at radius 3 is 2.64 bits per heavy atom. The second-order valence-corrected chi connectivity index (χ2v) is 9.73. The molecule has 7 nitrogen and oxygen atoms in total. The van der Waals surface area contributed by atoms with Gasteiger partial charge in [0, 0.05) is 50.0 Å². The third-order valence-corrected chi connectivity index (χ3v) is 7.33. The van der Waals surface area contributed by atoms with Crippen molar-refractivity contribution in [3.05, 3.63) is 48.3 Å². The number of hydrogen-bond donors (Lipinski definition) is 0. The fourth-order valence-corrected chi connectivity index (χ4v) is 5.22. The van der Waals surface area contributed by atoms with Crippen LogP contribution < -0.4 is 4.90 Å². The van der Waals surface area contributed by atoms with Crippen LogP contribution in [0.2, 0.25) is 0 Å². The largest absolute Gasteiger partial charge is 0.431 e. The molecule has 3 aliphatic rings. The molecule has 0 aliphatic carbocycles. The molecule has 5 rings (SSSR count). The molecule has 0 radical (unpaired) electrons. The first-order chi connectivity index (χ1) is 17.4. The van der Waals surface area contributed by atoms with Crippen molar-refractivity contribution in [2.45, 2.75) is 32.0 Å². The molecule has 10 heteroatoms. The van der Waals surface area contributed by atoms with E-state index in [2.05, 4.69) is 10.00 Å². The Morgan fingerprint density at radius 2 is 1.89 bits per heavy atom. The van der Waals surface area contributed by atoms with Crippen LogP contribution in [0.25, 0.3) is 10.9 Å². The van der Waals surface area contributed by atoms with Crippen LogP contribution >= 0.6 is 0 Å². The minimum Gasteiger partial charge on any atom is -0.379 e. The van der Waals surface area contributed by atoms with Crippen LogP contribution in [0.4, 0.5) is 18.9 Å². The summed E-state index contributed by atoms with van der Waals surface area (Å²) in [5, 5.41) is 5.19. The van der Waals surface area contributed by atoms with Crippen molar-refractivity contribution in [2.75, 3.05) is 57.4 Å². The molecule has 1 aromatic carbocycles. The molecule has 4 heterocycles. The maximum absolute atomic E-state index is 13.5. The first kappa shape index (κ1) is 24.8. The van der Waals surface area contributed by atoms with Gasteiger partial charge in [-0.2, -0.15) is 18.3 Å². The lowest BCUT2D eigenvalue weighted by molar-refractivity contribution is -0.133. The predicted molar refractivity (Wildman–Crippen MR) is 132 cm³/mol. The van der Waals surface area contributed by atoms with Crippen molar-refractivity contribution < 1.29 is 22.7 Å². The number of halogens is 3. The summed E-state index contributed by atoms with van der Waals surface area (Å²) in [6.07, 6.45) is 4.69. The number of anilines is 1. The van der Waals surface area contributed by atoms with Crippen LogP contribution in [0.5, 0.6) is 0 Å². The Bertz CT molecular complexity index is 1130. The molecule has 0 bridgehead atoms. The molecule has 2 aromatic rings. The van der Waals surface area contributed by atoms with Gasteiger partial charge in [-0.15, -0.1) is 0 Å². The zero-order valence-electron chi connectivity index (χ0n) is 20.3. The number of benzene rings is 1. The Kier molecular flexibility index (Phi) is 7.34. The molecule has 2 saturated heterocycles. The van der Waals surface area contributed by atoms with Crippen molar-refractivity contribution >= 4 is 22.5 Å². The maximum Gasteiger partial charge on any atom is 0.431 e. The van der Waals surface area contributed by atoms with Crippen LogP contribution in [0.15, 0.2) is 48.3 Å². The van der Waals surface area contributed by atoms with Crippen LogP contribution in [0.1, 0.15) is 19.3 Å². The molecule has 36 heavy (non-hydrogen) atoms. The smallest absolute Gasteiger partial charge is 0.379 e. The molecular formula is C26H32F3N5O2. The lowest BCUT2D eigenvalue weighted by Crippen LogP contribution is -2.41. The molecule has 1 aromatic heterocycles. The fraction of sp³-hybridized carbons (Fsp3) is 0.538. The van der Waals surface area contributed by atoms with Gasteiger partial charge in [0.1, 0.15) is 12.2 Å². The number of aromatic nitrogens is 2. The number of alkyl halides is 3. The Labute approximate surface area is 208 Å². The Balaban J connectivity index is 1.16. The lowest BCUT2D eigenvalue weighted by atomic mass is 9.93. The summed E-state index contributed by atoms with van der Waals surface area (Å²) in [7, 11) is 0. The number of nitrogens with zero attached hydrogens (tertiary/aromatic N) is 5. The summed E-state index contributed by atoms with van der Waals surface area (Å²) in [5.41, 5.74) is 0.402. The highest BCUT2D eigenvalue weighted by Gasteiger charge is 2.38. The SMILES string of the molecule is O=C(Cn1cc2cc(N3CC=CC=C3C(F)(F)F)ccc2n1)N1CCC(CCN2CCOCC2)CC1. The highest BCUT2D eigenvalue weighted by atomic mass is 19.4. The van der Waals surface area contributed by atoms with Crippen LogP contribution in [-0.2, 0) is 16.1 Å². The molecule has 0 atom stereocenters. The molecule has 0 spiro atoms. The van der Waals surface area contributed by atoms with Gasteiger partial charge in [0.05, 0.1) is 18.7 Å². The standard InChI is InChI=1S/C26H32F3N5O2/c27-26(28,29)24-3-1-2-9-34(24)22-4-5-23-21(17-22)18-33(30-23)19-25(35)32-11-7-20(8-12-32)6-10-31-13-15-36-16-14-31/h1-5,17-18,20H,6-16,19H2. The van der Waals surface area contributed by atoms with E-state index in [4.69, 9.17) is 4.74 Å². The van der Waals surface area contributed by atoms with Crippen LogP contribution in [0, 0.1) is 5.92 Å². The normalized spacial score (nSPS) is 20.2. The summed E-state index contributed by atoms with van der Waals surface area (Å²) >= 11 is 0. The minimum absolute atomic E-state index is 0.0260. The summed E-state index contributed by atoms with van der Waals surface area (Å²) in [4.78, 5) is 18.5. The number of piperidine rings is 1. The highest BCUT2D eigenvalue weighted by molar-refractivity contribution is 5.84. The second kappa shape index (κ2) is 10.6. The number of allylic oxidation sites excluding steroid dienone is 3. The van der Waals surface area contributed by atoms with Gasteiger partial charge in [-0.1, -0.05) is 12.2 Å². The van der Waals surface area contributed by atoms with Gasteiger partial charge in [-0.05, 0) is 56.0 Å². The monoisotopic (exact) mass is 503 g/mol. The second-order valence-electron chi connectivity index (χ2n) is 9.73. The summed E-state index contributed by atoms with van der Waals surface area (Å²) < 4.78 is 47.4. The number of carbonyl (C=O) groups excluding carboxylic acids is 1. The molecule has 194 valence electrons. The molecule has 2 fully saturated rings. The first-order valence-corrected chi connectivity index (χ1v) is 12.6. The average Bonchev–Trinajstić information content (AvgIpc) is 3.29. The van der Waals surface area contributed by atoms with Gasteiger partial charge in [-0.3, -0.25) is 14.4 Å². The van der Waals surface area contributed by atoms with E-state index in [0.29, 0.717) is 22.5 Å². The zero-order valence-corrected chi connectivity index (χ0v) is 20.3. The van der Waals surface area contributed by atoms with Gasteiger partial charge in [-0.25, -0.2) is 0 Å². The molecular weight excluding hydrogens is 471 g/mol. The van der Waals surface area contributed by atoms with E-state index in [1.54, 1.807) is 35.2 Å². The number of rotatable bonds is 6. The average molecular weight is 504 g/mol. The molecule has 3 aliphatic heterocycles. The molecule has 0 unspecified atom stereocenters. The first-order valence-electron chi connectivity index (χ1n) is 12.6. The van der Waals surface area contributed by atoms with Crippen LogP contribution in [-0.4, -0.2) is 84.1 Å². The van der Waals surface area contributed by atoms with Gasteiger partial charge in [0.25, 0.3) is 0 Å². The van der Waals surface area contributed by atoms with Crippen LogP contribution in [0.3, 0.4) is 0 Å². The number of carbonyl (C=O) groups is 1. The topological polar surface area (TPSA) is 53.8 Å². The van der Waals surface area contributed by atoms with Crippen molar-refractivity contribution in [1.29, 1.82) is 0 Å². The maximum atomic E-state index is 13.5. The number of ether oxygens (including phenoxy) is 1. The number of likely N-dealkylation sites (tertiary alicyclic amines) is 1. The fourth-order valence-electron chi connectivity index (χ4n) is 5.22. The van der Waals surface area contributed by atoms with Crippen molar-refractivity contribution in [3.8, 4) is 0 Å². The van der Waals surface area contributed by atoms with Gasteiger partial charge in [0.15, 0.2) is 0 Å². The summed E-state index contributed by atoms with van der Waals surface area (Å²) in [5.74, 6) is 0.668. The van der Waals surface area contributed by atoms with E-state index in [0.717, 1.165) is 71.3 Å². The summed E-state index contributed by atoms with van der Waals surface area (Å²) in [6, 6.07) is 5.04. The third-order valence-electron chi connectivity index (χ3n) is 7.33. The molecule has 0 N–H and O–H groups in total. The van der Waals surface area contributed by atoms with E-state index in [1.165, 1.54) is 11.0 Å². The van der Waals surface area contributed by atoms with E-state index in [-0.39, 0.29) is 19.0 Å². The summed E-state index contributed by atoms with van der Waals surface area (Å²) in [6.45, 7) is 6.53. The Morgan fingerprint density at radius 1 is 1.11 bits per heavy atom. The quantitative estimate of drug-likeness (QED) is 0.600. The predicted octanol–water partition coefficient (Wildman–Crippen LogP) is 3.82. The van der Waals surface area contributed by atoms with Crippen molar-refractivity contribution in [2.24, 2.45) is 5.92 Å². The van der Waals surface area contributed by atoms with E-state index in [1.807, 2.05) is 4.90 Å². The zero-order chi connectivity index (χ0) is 25.1. The minimum atomic E-state index is -4.44. The van der Waals surface area contributed by atoms with Crippen molar-refractivity contribution in [3.63, 3.8) is 0 Å². The number of hydrogen-bond acceptors (Lipinski definition) is 5.